The van der Waals surface area contributed by atoms with Gasteiger partial charge in [-0.3, -0.25) is 9.69 Å². The summed E-state index contributed by atoms with van der Waals surface area (Å²) >= 11 is 0. The van der Waals surface area contributed by atoms with E-state index in [1.807, 2.05) is 24.3 Å². The lowest BCUT2D eigenvalue weighted by molar-refractivity contribution is 0.102. The number of carbonyl (C=O) groups excluding carboxylic acids is 1. The lowest BCUT2D eigenvalue weighted by atomic mass is 9.99. The average molecular weight is 368 g/mol. The van der Waals surface area contributed by atoms with Gasteiger partial charge in [-0.15, -0.1) is 0 Å². The van der Waals surface area contributed by atoms with Gasteiger partial charge < -0.3 is 14.8 Å². The quantitative estimate of drug-likeness (QED) is 0.831. The highest BCUT2D eigenvalue weighted by Crippen LogP contribution is 2.29. The zero-order valence-corrected chi connectivity index (χ0v) is 16.3. The minimum Gasteiger partial charge on any atom is -0.497 e. The molecule has 0 bridgehead atoms. The van der Waals surface area contributed by atoms with Crippen molar-refractivity contribution in [3.8, 4) is 11.5 Å². The third-order valence-electron chi connectivity index (χ3n) is 5.16. The molecule has 0 atom stereocenters. The molecule has 27 heavy (non-hydrogen) atoms. The Balaban J connectivity index is 1.62. The van der Waals surface area contributed by atoms with Gasteiger partial charge in [0.1, 0.15) is 11.5 Å². The van der Waals surface area contributed by atoms with Crippen molar-refractivity contribution in [1.29, 1.82) is 0 Å². The molecule has 1 N–H and O–H groups in total. The van der Waals surface area contributed by atoms with Gasteiger partial charge in [0.25, 0.3) is 5.91 Å². The normalized spacial score (nSPS) is 15.4. The van der Waals surface area contributed by atoms with Crippen LogP contribution in [0.4, 0.5) is 5.69 Å². The second-order valence-electron chi connectivity index (χ2n) is 7.18. The van der Waals surface area contributed by atoms with Crippen LogP contribution in [0, 0.1) is 5.92 Å². The second-order valence-corrected chi connectivity index (χ2v) is 7.18. The van der Waals surface area contributed by atoms with Crippen LogP contribution in [-0.2, 0) is 6.54 Å². The molecule has 1 aliphatic rings. The first-order chi connectivity index (χ1) is 13.1. The van der Waals surface area contributed by atoms with E-state index in [1.165, 1.54) is 18.4 Å². The van der Waals surface area contributed by atoms with Crippen LogP contribution < -0.4 is 14.8 Å². The Bertz CT molecular complexity index is 766. The van der Waals surface area contributed by atoms with E-state index in [-0.39, 0.29) is 5.91 Å². The molecule has 0 aliphatic carbocycles. The Morgan fingerprint density at radius 3 is 2.41 bits per heavy atom. The largest absolute Gasteiger partial charge is 0.497 e. The van der Waals surface area contributed by atoms with Gasteiger partial charge in [0, 0.05) is 18.2 Å². The number of hydrogen-bond donors (Lipinski definition) is 1. The minimum atomic E-state index is -0.156. The predicted molar refractivity (Wildman–Crippen MR) is 108 cm³/mol. The summed E-state index contributed by atoms with van der Waals surface area (Å²) in [5, 5.41) is 2.90. The van der Waals surface area contributed by atoms with E-state index in [0.29, 0.717) is 22.7 Å². The second kappa shape index (κ2) is 8.91. The first kappa shape index (κ1) is 19.2. The molecule has 5 nitrogen and oxygen atoms in total. The SMILES string of the molecule is COc1ccc(NC(=O)c2ccc(CN3CCC(C)CC3)cc2)c(OC)c1. The van der Waals surface area contributed by atoms with Crippen molar-refractivity contribution < 1.29 is 14.3 Å². The third-order valence-corrected chi connectivity index (χ3v) is 5.16. The Morgan fingerprint density at radius 1 is 1.07 bits per heavy atom. The highest BCUT2D eigenvalue weighted by Gasteiger charge is 2.16. The summed E-state index contributed by atoms with van der Waals surface area (Å²) in [4.78, 5) is 15.0. The van der Waals surface area contributed by atoms with Crippen LogP contribution in [0.2, 0.25) is 0 Å². The lowest BCUT2D eigenvalue weighted by Crippen LogP contribution is -2.32. The van der Waals surface area contributed by atoms with Gasteiger partial charge in [0.15, 0.2) is 0 Å². The number of anilines is 1. The number of rotatable bonds is 6. The van der Waals surface area contributed by atoms with Crippen molar-refractivity contribution in [2.45, 2.75) is 26.3 Å². The molecule has 0 spiro atoms. The molecule has 2 aromatic rings. The molecule has 144 valence electrons. The zero-order valence-electron chi connectivity index (χ0n) is 16.3. The number of carbonyl (C=O) groups is 1. The number of amides is 1. The molecule has 1 amide bonds. The molecule has 0 saturated carbocycles. The highest BCUT2D eigenvalue weighted by molar-refractivity contribution is 6.05. The van der Waals surface area contributed by atoms with Gasteiger partial charge in [-0.05, 0) is 61.7 Å². The van der Waals surface area contributed by atoms with Gasteiger partial charge in [-0.25, -0.2) is 0 Å². The number of benzene rings is 2. The van der Waals surface area contributed by atoms with Crippen molar-refractivity contribution in [1.82, 2.24) is 4.90 Å². The molecular formula is C22H28N2O3. The molecular weight excluding hydrogens is 340 g/mol. The standard InChI is InChI=1S/C22H28N2O3/c1-16-10-12-24(13-11-16)15-17-4-6-18(7-5-17)22(25)23-20-9-8-19(26-2)14-21(20)27-3/h4-9,14,16H,10-13,15H2,1-3H3,(H,23,25). The number of methoxy groups -OCH3 is 2. The maximum absolute atomic E-state index is 12.6. The summed E-state index contributed by atoms with van der Waals surface area (Å²) in [6.07, 6.45) is 2.54. The van der Waals surface area contributed by atoms with E-state index in [4.69, 9.17) is 9.47 Å². The summed E-state index contributed by atoms with van der Waals surface area (Å²) < 4.78 is 10.5. The van der Waals surface area contributed by atoms with Crippen molar-refractivity contribution >= 4 is 11.6 Å². The molecule has 0 unspecified atom stereocenters. The monoisotopic (exact) mass is 368 g/mol. The van der Waals surface area contributed by atoms with Crippen LogP contribution in [0.1, 0.15) is 35.7 Å². The topological polar surface area (TPSA) is 50.8 Å². The van der Waals surface area contributed by atoms with Gasteiger partial charge in [0.2, 0.25) is 0 Å². The van der Waals surface area contributed by atoms with Crippen LogP contribution >= 0.6 is 0 Å². The Morgan fingerprint density at radius 2 is 1.78 bits per heavy atom. The van der Waals surface area contributed by atoms with E-state index in [1.54, 1.807) is 32.4 Å². The molecule has 1 fully saturated rings. The van der Waals surface area contributed by atoms with Gasteiger partial charge in [-0.1, -0.05) is 19.1 Å². The number of ether oxygens (including phenoxy) is 2. The van der Waals surface area contributed by atoms with Crippen molar-refractivity contribution in [2.75, 3.05) is 32.6 Å². The van der Waals surface area contributed by atoms with Crippen LogP contribution in [0.25, 0.3) is 0 Å². The van der Waals surface area contributed by atoms with Crippen LogP contribution in [-0.4, -0.2) is 38.1 Å². The molecule has 5 heteroatoms. The fourth-order valence-corrected chi connectivity index (χ4v) is 3.34. The average Bonchev–Trinajstić information content (AvgIpc) is 2.70. The van der Waals surface area contributed by atoms with Crippen LogP contribution in [0.3, 0.4) is 0 Å². The Kier molecular flexibility index (Phi) is 6.35. The van der Waals surface area contributed by atoms with Crippen molar-refractivity contribution in [2.24, 2.45) is 5.92 Å². The highest BCUT2D eigenvalue weighted by atomic mass is 16.5. The summed E-state index contributed by atoms with van der Waals surface area (Å²) in [6.45, 7) is 5.57. The van der Waals surface area contributed by atoms with E-state index in [9.17, 15) is 4.79 Å². The molecule has 1 aliphatic heterocycles. The molecule has 0 aromatic heterocycles. The maximum atomic E-state index is 12.6. The van der Waals surface area contributed by atoms with Crippen molar-refractivity contribution in [3.63, 3.8) is 0 Å². The smallest absolute Gasteiger partial charge is 0.255 e. The number of piperidine rings is 1. The van der Waals surface area contributed by atoms with E-state index in [2.05, 4.69) is 17.1 Å². The number of nitrogens with zero attached hydrogens (tertiary/aromatic N) is 1. The lowest BCUT2D eigenvalue weighted by Gasteiger charge is -2.30. The fraction of sp³-hybridized carbons (Fsp3) is 0.409. The first-order valence-electron chi connectivity index (χ1n) is 9.43. The summed E-state index contributed by atoms with van der Waals surface area (Å²) in [5.41, 5.74) is 2.49. The first-order valence-corrected chi connectivity index (χ1v) is 9.43. The minimum absolute atomic E-state index is 0.156. The van der Waals surface area contributed by atoms with E-state index >= 15 is 0 Å². The van der Waals surface area contributed by atoms with E-state index < -0.39 is 0 Å². The van der Waals surface area contributed by atoms with Gasteiger partial charge in [0.05, 0.1) is 19.9 Å². The molecule has 1 saturated heterocycles. The summed E-state index contributed by atoms with van der Waals surface area (Å²) in [5.74, 6) is 1.93. The molecule has 2 aromatic carbocycles. The molecule has 0 radical (unpaired) electrons. The predicted octanol–water partition coefficient (Wildman–Crippen LogP) is 4.19. The van der Waals surface area contributed by atoms with Crippen LogP contribution in [0.15, 0.2) is 42.5 Å². The Hall–Kier alpha value is -2.53. The van der Waals surface area contributed by atoms with Gasteiger partial charge >= 0.3 is 0 Å². The summed E-state index contributed by atoms with van der Waals surface area (Å²) in [6, 6.07) is 13.2. The molecule has 1 heterocycles. The van der Waals surface area contributed by atoms with Crippen LogP contribution in [0.5, 0.6) is 11.5 Å². The number of nitrogens with one attached hydrogen (secondary N) is 1. The Labute approximate surface area is 161 Å². The molecule has 3 rings (SSSR count). The van der Waals surface area contributed by atoms with Crippen molar-refractivity contribution in [3.05, 3.63) is 53.6 Å². The number of hydrogen-bond acceptors (Lipinski definition) is 4. The third kappa shape index (κ3) is 5.01. The number of likely N-dealkylation sites (tertiary alicyclic amines) is 1. The summed E-state index contributed by atoms with van der Waals surface area (Å²) in [7, 11) is 3.17. The fourth-order valence-electron chi connectivity index (χ4n) is 3.34. The van der Waals surface area contributed by atoms with Gasteiger partial charge in [-0.2, -0.15) is 0 Å². The zero-order chi connectivity index (χ0) is 19.2. The van der Waals surface area contributed by atoms with E-state index in [0.717, 1.165) is 25.6 Å². The maximum Gasteiger partial charge on any atom is 0.255 e.